The summed E-state index contributed by atoms with van der Waals surface area (Å²) in [7, 11) is 0. The molecule has 0 saturated heterocycles. The fourth-order valence-corrected chi connectivity index (χ4v) is 5.03. The number of carbonyl (C=O) groups excluding carboxylic acids is 2. The number of hydrogen-bond donors (Lipinski definition) is 5. The first-order valence-corrected chi connectivity index (χ1v) is 15.1. The number of nitrogen functional groups attached to an aromatic ring is 2. The molecule has 226 valence electrons. The zero-order valence-corrected chi connectivity index (χ0v) is 25.0. The second-order valence-electron chi connectivity index (χ2n) is 11.0. The molecule has 0 fully saturated rings. The summed E-state index contributed by atoms with van der Waals surface area (Å²) >= 11 is 5.83. The van der Waals surface area contributed by atoms with Crippen LogP contribution in [0.4, 0.5) is 11.6 Å². The number of hydrogen-bond acceptors (Lipinski definition) is 9. The van der Waals surface area contributed by atoms with E-state index in [0.717, 1.165) is 44.0 Å². The smallest absolute Gasteiger partial charge is 0.190 e. The van der Waals surface area contributed by atoms with Crippen LogP contribution in [0.15, 0.2) is 18.2 Å². The van der Waals surface area contributed by atoms with Crippen molar-refractivity contribution in [3.8, 4) is 5.75 Å². The summed E-state index contributed by atoms with van der Waals surface area (Å²) in [6, 6.07) is 4.99. The maximum Gasteiger partial charge on any atom is 0.190 e. The quantitative estimate of drug-likeness (QED) is 0.0459. The summed E-state index contributed by atoms with van der Waals surface area (Å²) in [6.07, 6.45) is 13.9. The van der Waals surface area contributed by atoms with Crippen LogP contribution < -0.4 is 11.5 Å². The summed E-state index contributed by atoms with van der Waals surface area (Å²) < 4.78 is 0. The minimum absolute atomic E-state index is 0.0193. The predicted octanol–water partition coefficient (Wildman–Crippen LogP) is 6.77. The number of aldehydes is 1. The fraction of sp³-hybridized carbons (Fsp3) is 0.581. The van der Waals surface area contributed by atoms with E-state index in [-0.39, 0.29) is 46.9 Å². The predicted molar refractivity (Wildman–Crippen MR) is 165 cm³/mol. The number of nitrogens with one attached hydrogen (secondary N) is 1. The Kier molecular flexibility index (Phi) is 15.3. The molecule has 41 heavy (non-hydrogen) atoms. The number of aliphatic hydroxyl groups is 1. The highest BCUT2D eigenvalue weighted by molar-refractivity contribution is 6.31. The van der Waals surface area contributed by atoms with Gasteiger partial charge in [-0.3, -0.25) is 4.79 Å². The van der Waals surface area contributed by atoms with E-state index >= 15 is 0 Å². The number of carbonyl (C=O) groups is 2. The number of aliphatic hydroxyl groups excluding tert-OH is 1. The topological polar surface area (TPSA) is 176 Å². The monoisotopic (exact) mass is 587 g/mol. The lowest BCUT2D eigenvalue weighted by Crippen LogP contribution is -2.14. The molecule has 0 radical (unpaired) electrons. The zero-order valence-electron chi connectivity index (χ0n) is 24.2. The Bertz CT molecular complexity index is 1140. The minimum Gasteiger partial charge on any atom is -0.508 e. The van der Waals surface area contributed by atoms with Gasteiger partial charge in [-0.05, 0) is 49.3 Å². The average Bonchev–Trinajstić information content (AvgIpc) is 2.93. The normalized spacial score (nSPS) is 12.7. The van der Waals surface area contributed by atoms with Crippen LogP contribution in [-0.2, 0) is 11.2 Å². The maximum atomic E-state index is 12.4. The molecule has 1 heterocycles. The van der Waals surface area contributed by atoms with Crippen LogP contribution >= 0.6 is 11.6 Å². The van der Waals surface area contributed by atoms with Crippen LogP contribution in [0.5, 0.6) is 5.75 Å². The molecule has 1 aromatic carbocycles. The van der Waals surface area contributed by atoms with Crippen molar-refractivity contribution in [1.29, 1.82) is 5.41 Å². The Morgan fingerprint density at radius 3 is 2.27 bits per heavy atom. The first kappa shape index (κ1) is 34.2. The summed E-state index contributed by atoms with van der Waals surface area (Å²) in [5, 5.41) is 28.4. The minimum atomic E-state index is -0.583. The number of Topliss-reactive ketones (excluding diaryl/α,β-unsaturated/α-hetero) is 1. The van der Waals surface area contributed by atoms with Gasteiger partial charge < -0.3 is 31.9 Å². The molecule has 2 aromatic rings. The van der Waals surface area contributed by atoms with E-state index in [1.807, 2.05) is 0 Å². The summed E-state index contributed by atoms with van der Waals surface area (Å²) in [5.74, 6) is 0.184. The van der Waals surface area contributed by atoms with Gasteiger partial charge in [0.2, 0.25) is 0 Å². The number of rotatable bonds is 21. The van der Waals surface area contributed by atoms with Gasteiger partial charge in [-0.1, -0.05) is 82.4 Å². The third-order valence-corrected chi connectivity index (χ3v) is 7.72. The van der Waals surface area contributed by atoms with Crippen LogP contribution in [0, 0.1) is 11.3 Å². The Morgan fingerprint density at radius 1 is 0.976 bits per heavy atom. The molecule has 7 N–H and O–H groups in total. The SMILES string of the molecule is C[C@H](CCCCCCCCCCCC(=N)CC(=O)c1nc(Cl)c(N)nc1N)CC[C@H](O)c1ccc(O)c(CC=O)c1. The lowest BCUT2D eigenvalue weighted by Gasteiger charge is -2.16. The van der Waals surface area contributed by atoms with Crippen molar-refractivity contribution >= 4 is 41.0 Å². The molecule has 0 aliphatic heterocycles. The van der Waals surface area contributed by atoms with Crippen LogP contribution in [0.3, 0.4) is 0 Å². The van der Waals surface area contributed by atoms with Crippen molar-refractivity contribution in [2.45, 2.75) is 109 Å². The standard InChI is InChI=1S/C31H46ClN5O4/c1-21(13-15-25(39)22-14-16-26(40)23(19-22)17-18-38)11-9-7-5-3-2-4-6-8-10-12-24(33)20-27(41)28-30(34)37-31(35)29(32)36-28/h14,16,18-19,21,25,33,39-40H,2-13,15,17,20H2,1H3,(H4,34,35,37)/t21-,25+/m1/s1. The van der Waals surface area contributed by atoms with Gasteiger partial charge in [0, 0.05) is 17.7 Å². The Morgan fingerprint density at radius 2 is 1.61 bits per heavy atom. The molecule has 0 aliphatic carbocycles. The number of halogens is 1. The number of benzene rings is 1. The van der Waals surface area contributed by atoms with Gasteiger partial charge in [-0.25, -0.2) is 9.97 Å². The molecular formula is C31H46ClN5O4. The van der Waals surface area contributed by atoms with Gasteiger partial charge in [0.1, 0.15) is 12.0 Å². The van der Waals surface area contributed by atoms with Gasteiger partial charge in [0.05, 0.1) is 12.5 Å². The van der Waals surface area contributed by atoms with E-state index in [0.29, 0.717) is 30.0 Å². The van der Waals surface area contributed by atoms with E-state index in [1.54, 1.807) is 18.2 Å². The van der Waals surface area contributed by atoms with E-state index in [2.05, 4.69) is 16.9 Å². The average molecular weight is 588 g/mol. The van der Waals surface area contributed by atoms with Gasteiger partial charge in [0.25, 0.3) is 0 Å². The van der Waals surface area contributed by atoms with Crippen LogP contribution in [0.1, 0.15) is 125 Å². The summed E-state index contributed by atoms with van der Waals surface area (Å²) in [4.78, 5) is 30.8. The van der Waals surface area contributed by atoms with Crippen molar-refractivity contribution in [2.75, 3.05) is 11.5 Å². The molecule has 0 aliphatic rings. The summed E-state index contributed by atoms with van der Waals surface area (Å²) in [6.45, 7) is 2.23. The third kappa shape index (κ3) is 12.6. The van der Waals surface area contributed by atoms with Crippen LogP contribution in [0.2, 0.25) is 5.15 Å². The number of aromatic nitrogens is 2. The van der Waals surface area contributed by atoms with Gasteiger partial charge >= 0.3 is 0 Å². The number of nitrogens with two attached hydrogens (primary N) is 2. The van der Waals surface area contributed by atoms with Crippen LogP contribution in [0.25, 0.3) is 0 Å². The number of ketones is 1. The van der Waals surface area contributed by atoms with Gasteiger partial charge in [-0.2, -0.15) is 0 Å². The molecule has 2 atom stereocenters. The van der Waals surface area contributed by atoms with Crippen molar-refractivity contribution < 1.29 is 19.8 Å². The van der Waals surface area contributed by atoms with E-state index in [4.69, 9.17) is 28.5 Å². The first-order chi connectivity index (χ1) is 19.6. The second-order valence-corrected chi connectivity index (χ2v) is 11.4. The first-order valence-electron chi connectivity index (χ1n) is 14.7. The Labute approximate surface area is 248 Å². The van der Waals surface area contributed by atoms with Crippen molar-refractivity contribution in [2.24, 2.45) is 5.92 Å². The highest BCUT2D eigenvalue weighted by Gasteiger charge is 2.17. The number of phenols is 1. The van der Waals surface area contributed by atoms with E-state index < -0.39 is 6.10 Å². The molecule has 0 amide bonds. The number of phenolic OH excluding ortho intramolecular Hbond substituents is 1. The molecule has 0 saturated carbocycles. The van der Waals surface area contributed by atoms with Crippen molar-refractivity contribution in [3.05, 3.63) is 40.2 Å². The van der Waals surface area contributed by atoms with E-state index in [9.17, 15) is 19.8 Å². The van der Waals surface area contributed by atoms with Gasteiger partial charge in [-0.15, -0.1) is 0 Å². The van der Waals surface area contributed by atoms with Crippen molar-refractivity contribution in [3.63, 3.8) is 0 Å². The highest BCUT2D eigenvalue weighted by Crippen LogP contribution is 2.27. The highest BCUT2D eigenvalue weighted by atomic mass is 35.5. The molecular weight excluding hydrogens is 542 g/mol. The van der Waals surface area contributed by atoms with Crippen LogP contribution in [-0.4, -0.2) is 38.0 Å². The van der Waals surface area contributed by atoms with E-state index in [1.165, 1.54) is 38.5 Å². The molecule has 1 aromatic heterocycles. The largest absolute Gasteiger partial charge is 0.508 e. The maximum absolute atomic E-state index is 12.4. The molecule has 0 bridgehead atoms. The number of aromatic hydroxyl groups is 1. The molecule has 9 nitrogen and oxygen atoms in total. The molecule has 0 unspecified atom stereocenters. The second kappa shape index (κ2) is 18.4. The number of nitrogens with zero attached hydrogens (tertiary/aromatic N) is 2. The third-order valence-electron chi connectivity index (χ3n) is 7.44. The zero-order chi connectivity index (χ0) is 30.2. The number of unbranched alkanes of at least 4 members (excludes halogenated alkanes) is 8. The summed E-state index contributed by atoms with van der Waals surface area (Å²) in [5.41, 5.74) is 12.9. The fourth-order valence-electron chi connectivity index (χ4n) is 4.90. The molecule has 2 rings (SSSR count). The van der Waals surface area contributed by atoms with Gasteiger partial charge in [0.15, 0.2) is 28.3 Å². The van der Waals surface area contributed by atoms with Crippen molar-refractivity contribution in [1.82, 2.24) is 9.97 Å². The number of anilines is 2. The molecule has 10 heteroatoms. The lowest BCUT2D eigenvalue weighted by molar-refractivity contribution is -0.107. The Balaban J connectivity index is 1.46. The Hall–Kier alpha value is -3.04. The molecule has 0 spiro atoms. The lowest BCUT2D eigenvalue weighted by atomic mass is 9.93.